The van der Waals surface area contributed by atoms with Gasteiger partial charge in [0.15, 0.2) is 0 Å². The first-order chi connectivity index (χ1) is 18.1. The molecule has 0 bridgehead atoms. The van der Waals surface area contributed by atoms with E-state index in [0.717, 1.165) is 37.3 Å². The molecule has 9 heteroatoms. The second-order valence-corrected chi connectivity index (χ2v) is 9.87. The second-order valence-electron chi connectivity index (χ2n) is 9.87. The molecular weight excluding hydrogens is 468 g/mol. The Balaban J connectivity index is 1.07. The largest absolute Gasteiger partial charge is 0.340 e. The van der Waals surface area contributed by atoms with Gasteiger partial charge in [0.1, 0.15) is 5.82 Å². The SMILES string of the molecule is CC(c1nc(-c2ccccc2)no1)N1CCN(C(=O)CCc2nc3ccccc3c(=O)n2C2CC2)CC1. The summed E-state index contributed by atoms with van der Waals surface area (Å²) >= 11 is 0. The fourth-order valence-corrected chi connectivity index (χ4v) is 5.08. The normalized spacial score (nSPS) is 17.3. The second kappa shape index (κ2) is 9.89. The van der Waals surface area contributed by atoms with Crippen molar-refractivity contribution < 1.29 is 9.32 Å². The highest BCUT2D eigenvalue weighted by Gasteiger charge is 2.30. The van der Waals surface area contributed by atoms with Crippen molar-refractivity contribution in [1.29, 1.82) is 0 Å². The monoisotopic (exact) mass is 498 g/mol. The third-order valence-corrected chi connectivity index (χ3v) is 7.40. The molecule has 2 aliphatic rings. The molecule has 6 rings (SSSR count). The number of benzene rings is 2. The van der Waals surface area contributed by atoms with Gasteiger partial charge in [0, 0.05) is 50.6 Å². The van der Waals surface area contributed by atoms with Gasteiger partial charge < -0.3 is 9.42 Å². The van der Waals surface area contributed by atoms with Crippen LogP contribution in [0.5, 0.6) is 0 Å². The smallest absolute Gasteiger partial charge is 0.261 e. The molecule has 37 heavy (non-hydrogen) atoms. The van der Waals surface area contributed by atoms with E-state index in [4.69, 9.17) is 9.51 Å². The summed E-state index contributed by atoms with van der Waals surface area (Å²) in [5, 5.41) is 4.79. The first-order valence-corrected chi connectivity index (χ1v) is 13.0. The number of nitrogens with zero attached hydrogens (tertiary/aromatic N) is 6. The Morgan fingerprint density at radius 2 is 1.73 bits per heavy atom. The van der Waals surface area contributed by atoms with Crippen LogP contribution in [0.4, 0.5) is 0 Å². The summed E-state index contributed by atoms with van der Waals surface area (Å²) < 4.78 is 7.38. The van der Waals surface area contributed by atoms with E-state index in [0.29, 0.717) is 48.5 Å². The van der Waals surface area contributed by atoms with E-state index in [1.807, 2.05) is 64.1 Å². The summed E-state index contributed by atoms with van der Waals surface area (Å²) in [6, 6.07) is 17.4. The number of fused-ring (bicyclic) bond motifs is 1. The molecule has 1 aliphatic carbocycles. The Kier molecular flexibility index (Phi) is 6.30. The summed E-state index contributed by atoms with van der Waals surface area (Å²) in [7, 11) is 0. The quantitative estimate of drug-likeness (QED) is 0.384. The number of amides is 1. The van der Waals surface area contributed by atoms with E-state index < -0.39 is 0 Å². The van der Waals surface area contributed by atoms with Crippen molar-refractivity contribution in [2.45, 2.75) is 44.7 Å². The van der Waals surface area contributed by atoms with Gasteiger partial charge in [0.25, 0.3) is 5.56 Å². The van der Waals surface area contributed by atoms with E-state index in [2.05, 4.69) is 22.0 Å². The number of aromatic nitrogens is 4. The van der Waals surface area contributed by atoms with E-state index in [-0.39, 0.29) is 23.6 Å². The lowest BCUT2D eigenvalue weighted by atomic mass is 10.2. The van der Waals surface area contributed by atoms with Gasteiger partial charge in [-0.1, -0.05) is 47.6 Å². The molecule has 4 aromatic rings. The van der Waals surface area contributed by atoms with Crippen LogP contribution in [-0.2, 0) is 11.2 Å². The summed E-state index contributed by atoms with van der Waals surface area (Å²) in [4.78, 5) is 39.7. The van der Waals surface area contributed by atoms with Crippen LogP contribution in [0.3, 0.4) is 0 Å². The minimum atomic E-state index is -0.0306. The average Bonchev–Trinajstić information content (AvgIpc) is 3.66. The van der Waals surface area contributed by atoms with Crippen LogP contribution in [-0.4, -0.2) is 61.6 Å². The maximum atomic E-state index is 13.1. The van der Waals surface area contributed by atoms with Crippen molar-refractivity contribution in [3.8, 4) is 11.4 Å². The Morgan fingerprint density at radius 3 is 2.49 bits per heavy atom. The van der Waals surface area contributed by atoms with Crippen molar-refractivity contribution in [2.24, 2.45) is 0 Å². The van der Waals surface area contributed by atoms with Gasteiger partial charge in [0.2, 0.25) is 17.6 Å². The molecule has 3 heterocycles. The molecule has 1 unspecified atom stereocenters. The molecule has 2 fully saturated rings. The summed E-state index contributed by atoms with van der Waals surface area (Å²) in [5.74, 6) is 1.99. The molecule has 190 valence electrons. The third kappa shape index (κ3) is 4.79. The number of piperazine rings is 1. The molecule has 2 aromatic carbocycles. The van der Waals surface area contributed by atoms with Crippen molar-refractivity contribution in [2.75, 3.05) is 26.2 Å². The third-order valence-electron chi connectivity index (χ3n) is 7.40. The number of carbonyl (C=O) groups is 1. The zero-order valence-corrected chi connectivity index (χ0v) is 20.9. The van der Waals surface area contributed by atoms with Gasteiger partial charge in [-0.3, -0.25) is 19.1 Å². The molecule has 1 amide bonds. The van der Waals surface area contributed by atoms with Crippen molar-refractivity contribution in [3.63, 3.8) is 0 Å². The van der Waals surface area contributed by atoms with E-state index in [9.17, 15) is 9.59 Å². The van der Waals surface area contributed by atoms with Gasteiger partial charge in [-0.05, 0) is 31.9 Å². The molecule has 1 atom stereocenters. The van der Waals surface area contributed by atoms with Crippen molar-refractivity contribution >= 4 is 16.8 Å². The Morgan fingerprint density at radius 1 is 1.00 bits per heavy atom. The predicted molar refractivity (Wildman–Crippen MR) is 139 cm³/mol. The van der Waals surface area contributed by atoms with Gasteiger partial charge in [-0.15, -0.1) is 0 Å². The predicted octanol–water partition coefficient (Wildman–Crippen LogP) is 3.62. The lowest BCUT2D eigenvalue weighted by molar-refractivity contribution is -0.133. The van der Waals surface area contributed by atoms with Crippen LogP contribution in [0, 0.1) is 0 Å². The van der Waals surface area contributed by atoms with Crippen LogP contribution in [0.25, 0.3) is 22.3 Å². The summed E-state index contributed by atoms with van der Waals surface area (Å²) in [6.07, 6.45) is 2.80. The van der Waals surface area contributed by atoms with Crippen molar-refractivity contribution in [1.82, 2.24) is 29.5 Å². The van der Waals surface area contributed by atoms with Gasteiger partial charge >= 0.3 is 0 Å². The number of aryl methyl sites for hydroxylation is 1. The van der Waals surface area contributed by atoms with Crippen molar-refractivity contribution in [3.05, 3.63) is 76.7 Å². The molecule has 0 radical (unpaired) electrons. The van der Waals surface area contributed by atoms with Gasteiger partial charge in [0.05, 0.1) is 16.9 Å². The maximum absolute atomic E-state index is 13.1. The Labute approximate surface area is 214 Å². The van der Waals surface area contributed by atoms with E-state index >= 15 is 0 Å². The fraction of sp³-hybridized carbons (Fsp3) is 0.393. The molecule has 0 spiro atoms. The molecule has 1 aliphatic heterocycles. The minimum Gasteiger partial charge on any atom is -0.340 e. The van der Waals surface area contributed by atoms with Crippen LogP contribution < -0.4 is 5.56 Å². The highest BCUT2D eigenvalue weighted by Crippen LogP contribution is 2.35. The maximum Gasteiger partial charge on any atom is 0.261 e. The van der Waals surface area contributed by atoms with Crippen LogP contribution in [0.2, 0.25) is 0 Å². The molecular formula is C28H30N6O3. The topological polar surface area (TPSA) is 97.4 Å². The van der Waals surface area contributed by atoms with Crippen LogP contribution >= 0.6 is 0 Å². The summed E-state index contributed by atoms with van der Waals surface area (Å²) in [5.41, 5.74) is 1.63. The zero-order valence-electron chi connectivity index (χ0n) is 20.9. The van der Waals surface area contributed by atoms with Gasteiger partial charge in [-0.25, -0.2) is 4.98 Å². The number of para-hydroxylation sites is 1. The highest BCUT2D eigenvalue weighted by atomic mass is 16.5. The zero-order chi connectivity index (χ0) is 25.4. The van der Waals surface area contributed by atoms with Crippen LogP contribution in [0.15, 0.2) is 63.9 Å². The number of hydrogen-bond donors (Lipinski definition) is 0. The van der Waals surface area contributed by atoms with Gasteiger partial charge in [-0.2, -0.15) is 4.98 Å². The number of rotatable bonds is 7. The number of hydrogen-bond acceptors (Lipinski definition) is 7. The van der Waals surface area contributed by atoms with Crippen LogP contribution in [0.1, 0.15) is 50.0 Å². The Bertz CT molecular complexity index is 1470. The van der Waals surface area contributed by atoms with E-state index in [1.54, 1.807) is 0 Å². The number of carbonyl (C=O) groups excluding carboxylic acids is 1. The minimum absolute atomic E-state index is 0.00889. The molecule has 0 N–H and O–H groups in total. The average molecular weight is 499 g/mol. The lowest BCUT2D eigenvalue weighted by Gasteiger charge is -2.36. The molecule has 1 saturated heterocycles. The molecule has 2 aromatic heterocycles. The first kappa shape index (κ1) is 23.5. The standard InChI is InChI=1S/C28H30N6O3/c1-19(27-30-26(31-37-27)20-7-3-2-4-8-20)32-15-17-33(18-16-32)25(35)14-13-24-29-23-10-6-5-9-22(23)28(36)34(24)21-11-12-21/h2-10,19,21H,11-18H2,1H3. The van der Waals surface area contributed by atoms with E-state index in [1.165, 1.54) is 0 Å². The Hall–Kier alpha value is -3.85. The molecule has 9 nitrogen and oxygen atoms in total. The fourth-order valence-electron chi connectivity index (χ4n) is 5.08. The first-order valence-electron chi connectivity index (χ1n) is 13.0. The molecule has 1 saturated carbocycles. The summed E-state index contributed by atoms with van der Waals surface area (Å²) in [6.45, 7) is 4.81. The lowest BCUT2D eigenvalue weighted by Crippen LogP contribution is -2.49. The highest BCUT2D eigenvalue weighted by molar-refractivity contribution is 5.78.